The molecular formula is C17H16FNO4. The Bertz CT molecular complexity index is 683. The quantitative estimate of drug-likeness (QED) is 0.889. The van der Waals surface area contributed by atoms with Crippen molar-refractivity contribution >= 4 is 11.9 Å². The van der Waals surface area contributed by atoms with Crippen molar-refractivity contribution < 1.29 is 23.8 Å². The van der Waals surface area contributed by atoms with Crippen molar-refractivity contribution in [2.24, 2.45) is 0 Å². The highest BCUT2D eigenvalue weighted by molar-refractivity contribution is 5.95. The van der Waals surface area contributed by atoms with Crippen LogP contribution in [0.1, 0.15) is 15.9 Å². The maximum absolute atomic E-state index is 12.9. The maximum Gasteiger partial charge on any atom is 0.323 e. The van der Waals surface area contributed by atoms with Crippen LogP contribution in [0, 0.1) is 5.82 Å². The zero-order chi connectivity index (χ0) is 16.8. The lowest BCUT2D eigenvalue weighted by atomic mass is 10.1. The highest BCUT2D eigenvalue weighted by atomic mass is 19.1. The first-order chi connectivity index (χ1) is 11.0. The van der Waals surface area contributed by atoms with E-state index in [1.54, 1.807) is 24.3 Å². The van der Waals surface area contributed by atoms with Crippen molar-refractivity contribution in [2.45, 2.75) is 6.54 Å². The van der Waals surface area contributed by atoms with Gasteiger partial charge >= 0.3 is 5.97 Å². The van der Waals surface area contributed by atoms with Crippen LogP contribution in [-0.4, -0.2) is 35.5 Å². The second kappa shape index (κ2) is 7.40. The molecular weight excluding hydrogens is 301 g/mol. The largest absolute Gasteiger partial charge is 0.497 e. The molecule has 6 heteroatoms. The number of hydrogen-bond acceptors (Lipinski definition) is 3. The third-order valence-corrected chi connectivity index (χ3v) is 3.24. The molecule has 0 aliphatic heterocycles. The van der Waals surface area contributed by atoms with Gasteiger partial charge in [0.25, 0.3) is 5.91 Å². The van der Waals surface area contributed by atoms with Crippen LogP contribution in [-0.2, 0) is 11.3 Å². The minimum atomic E-state index is -1.12. The molecule has 23 heavy (non-hydrogen) atoms. The molecule has 5 nitrogen and oxygen atoms in total. The number of ether oxygens (including phenoxy) is 1. The molecule has 0 heterocycles. The SMILES string of the molecule is COc1ccc(C(=O)N(CC(=O)O)Cc2ccc(F)cc2)cc1. The number of benzene rings is 2. The average molecular weight is 317 g/mol. The standard InChI is InChI=1S/C17H16FNO4/c1-23-15-8-4-13(5-9-15)17(22)19(11-16(20)21)10-12-2-6-14(18)7-3-12/h2-9H,10-11H2,1H3,(H,20,21). The molecule has 1 amide bonds. The van der Waals surface area contributed by atoms with Gasteiger partial charge < -0.3 is 14.7 Å². The van der Waals surface area contributed by atoms with Gasteiger partial charge in [0.15, 0.2) is 0 Å². The molecule has 0 aliphatic carbocycles. The lowest BCUT2D eigenvalue weighted by Gasteiger charge is -2.21. The van der Waals surface area contributed by atoms with Crippen LogP contribution in [0.4, 0.5) is 4.39 Å². The number of carbonyl (C=O) groups excluding carboxylic acids is 1. The van der Waals surface area contributed by atoms with Crippen LogP contribution in [0.5, 0.6) is 5.75 Å². The third kappa shape index (κ3) is 4.54. The average Bonchev–Trinajstić information content (AvgIpc) is 2.55. The Kier molecular flexibility index (Phi) is 5.30. The van der Waals surface area contributed by atoms with Gasteiger partial charge in [0.05, 0.1) is 7.11 Å². The van der Waals surface area contributed by atoms with Gasteiger partial charge in [-0.3, -0.25) is 9.59 Å². The number of carboxylic acids is 1. The van der Waals surface area contributed by atoms with Crippen LogP contribution in [0.25, 0.3) is 0 Å². The Morgan fingerprint density at radius 2 is 1.70 bits per heavy atom. The van der Waals surface area contributed by atoms with Gasteiger partial charge in [-0.2, -0.15) is 0 Å². The van der Waals surface area contributed by atoms with Crippen molar-refractivity contribution in [1.29, 1.82) is 0 Å². The maximum atomic E-state index is 12.9. The molecule has 0 atom stereocenters. The number of methoxy groups -OCH3 is 1. The number of halogens is 1. The summed E-state index contributed by atoms with van der Waals surface area (Å²) in [7, 11) is 1.52. The second-order valence-corrected chi connectivity index (χ2v) is 4.91. The zero-order valence-corrected chi connectivity index (χ0v) is 12.5. The van der Waals surface area contributed by atoms with Gasteiger partial charge in [0.1, 0.15) is 18.1 Å². The van der Waals surface area contributed by atoms with Crippen LogP contribution in [0.3, 0.4) is 0 Å². The van der Waals surface area contributed by atoms with Crippen molar-refractivity contribution in [2.75, 3.05) is 13.7 Å². The van der Waals surface area contributed by atoms with E-state index in [2.05, 4.69) is 0 Å². The summed E-state index contributed by atoms with van der Waals surface area (Å²) in [6, 6.07) is 12.0. The molecule has 1 N–H and O–H groups in total. The van der Waals surface area contributed by atoms with E-state index in [4.69, 9.17) is 9.84 Å². The van der Waals surface area contributed by atoms with E-state index in [1.165, 1.54) is 36.3 Å². The molecule has 2 rings (SSSR count). The zero-order valence-electron chi connectivity index (χ0n) is 12.5. The van der Waals surface area contributed by atoms with Crippen molar-refractivity contribution in [3.05, 3.63) is 65.5 Å². The molecule has 0 bridgehead atoms. The smallest absolute Gasteiger partial charge is 0.323 e. The summed E-state index contributed by atoms with van der Waals surface area (Å²) in [5.74, 6) is -1.32. The number of carbonyl (C=O) groups is 2. The Morgan fingerprint density at radius 1 is 1.09 bits per heavy atom. The third-order valence-electron chi connectivity index (χ3n) is 3.24. The minimum absolute atomic E-state index is 0.0808. The van der Waals surface area contributed by atoms with E-state index in [1.807, 2.05) is 0 Å². The van der Waals surface area contributed by atoms with Gasteiger partial charge in [-0.1, -0.05) is 12.1 Å². The minimum Gasteiger partial charge on any atom is -0.497 e. The van der Waals surface area contributed by atoms with Crippen LogP contribution < -0.4 is 4.74 Å². The number of hydrogen-bond donors (Lipinski definition) is 1. The summed E-state index contributed by atoms with van der Waals surface area (Å²) in [5, 5.41) is 9.01. The van der Waals surface area contributed by atoms with Gasteiger partial charge in [-0.25, -0.2) is 4.39 Å². The molecule has 2 aromatic rings. The number of nitrogens with zero attached hydrogens (tertiary/aromatic N) is 1. The first kappa shape index (κ1) is 16.5. The van der Waals surface area contributed by atoms with Gasteiger partial charge in [0, 0.05) is 12.1 Å². The number of amides is 1. The Hall–Kier alpha value is -2.89. The lowest BCUT2D eigenvalue weighted by Crippen LogP contribution is -2.35. The fourth-order valence-electron chi connectivity index (χ4n) is 2.09. The molecule has 0 saturated heterocycles. The van der Waals surface area contributed by atoms with Gasteiger partial charge in [0.2, 0.25) is 0 Å². The summed E-state index contributed by atoms with van der Waals surface area (Å²) in [6.07, 6.45) is 0. The summed E-state index contributed by atoms with van der Waals surface area (Å²) >= 11 is 0. The molecule has 0 aliphatic rings. The van der Waals surface area contributed by atoms with Crippen molar-refractivity contribution in [1.82, 2.24) is 4.90 Å². The predicted octanol–water partition coefficient (Wildman–Crippen LogP) is 2.56. The number of aliphatic carboxylic acids is 1. The highest BCUT2D eigenvalue weighted by Crippen LogP contribution is 2.15. The number of carboxylic acid groups (broad SMARTS) is 1. The molecule has 0 radical (unpaired) electrons. The predicted molar refractivity (Wildman–Crippen MR) is 81.8 cm³/mol. The van der Waals surface area contributed by atoms with E-state index in [0.717, 1.165) is 0 Å². The summed E-state index contributed by atoms with van der Waals surface area (Å²) in [4.78, 5) is 24.7. The molecule has 0 aromatic heterocycles. The normalized spacial score (nSPS) is 10.2. The van der Waals surface area contributed by atoms with Crippen molar-refractivity contribution in [3.63, 3.8) is 0 Å². The molecule has 120 valence electrons. The van der Waals surface area contributed by atoms with Crippen LogP contribution in [0.15, 0.2) is 48.5 Å². The Labute approximate surface area is 132 Å². The van der Waals surface area contributed by atoms with Crippen LogP contribution >= 0.6 is 0 Å². The molecule has 0 saturated carbocycles. The fourth-order valence-corrected chi connectivity index (χ4v) is 2.09. The fraction of sp³-hybridized carbons (Fsp3) is 0.176. The monoisotopic (exact) mass is 317 g/mol. The molecule has 2 aromatic carbocycles. The van der Waals surface area contributed by atoms with E-state index < -0.39 is 18.4 Å². The topological polar surface area (TPSA) is 66.8 Å². The summed E-state index contributed by atoms with van der Waals surface area (Å²) in [6.45, 7) is -0.361. The summed E-state index contributed by atoms with van der Waals surface area (Å²) < 4.78 is 18.0. The first-order valence-corrected chi connectivity index (χ1v) is 6.89. The van der Waals surface area contributed by atoms with Crippen LogP contribution in [0.2, 0.25) is 0 Å². The van der Waals surface area contributed by atoms with E-state index in [-0.39, 0.29) is 12.4 Å². The highest BCUT2D eigenvalue weighted by Gasteiger charge is 2.19. The molecule has 0 unspecified atom stereocenters. The number of rotatable bonds is 6. The van der Waals surface area contributed by atoms with Gasteiger partial charge in [-0.15, -0.1) is 0 Å². The molecule has 0 spiro atoms. The molecule has 0 fully saturated rings. The Balaban J connectivity index is 2.20. The van der Waals surface area contributed by atoms with Crippen molar-refractivity contribution in [3.8, 4) is 5.75 Å². The summed E-state index contributed by atoms with van der Waals surface area (Å²) in [5.41, 5.74) is 1.00. The second-order valence-electron chi connectivity index (χ2n) is 4.91. The Morgan fingerprint density at radius 3 is 2.22 bits per heavy atom. The van der Waals surface area contributed by atoms with E-state index in [9.17, 15) is 14.0 Å². The lowest BCUT2D eigenvalue weighted by molar-refractivity contribution is -0.137. The van der Waals surface area contributed by atoms with Gasteiger partial charge in [-0.05, 0) is 42.0 Å². The first-order valence-electron chi connectivity index (χ1n) is 6.89. The van der Waals surface area contributed by atoms with E-state index in [0.29, 0.717) is 16.9 Å². The van der Waals surface area contributed by atoms with E-state index >= 15 is 0 Å².